The second-order valence-electron chi connectivity index (χ2n) is 7.79. The number of nitrogens with zero attached hydrogens (tertiary/aromatic N) is 3. The van der Waals surface area contributed by atoms with E-state index in [0.29, 0.717) is 29.9 Å². The molecule has 0 bridgehead atoms. The number of halogens is 3. The van der Waals surface area contributed by atoms with Crippen molar-refractivity contribution in [3.63, 3.8) is 0 Å². The molecule has 0 unspecified atom stereocenters. The fourth-order valence-corrected chi connectivity index (χ4v) is 4.77. The highest BCUT2D eigenvalue weighted by Gasteiger charge is 2.33. The molecule has 1 amide bonds. The van der Waals surface area contributed by atoms with Crippen molar-refractivity contribution in [2.75, 3.05) is 19.6 Å². The molecule has 32 heavy (non-hydrogen) atoms. The van der Waals surface area contributed by atoms with Gasteiger partial charge >= 0.3 is 6.18 Å². The number of benzene rings is 1. The van der Waals surface area contributed by atoms with Crippen LogP contribution in [0, 0.1) is 5.92 Å². The zero-order valence-electron chi connectivity index (χ0n) is 17.0. The maximum absolute atomic E-state index is 13.0. The minimum atomic E-state index is -4.63. The summed E-state index contributed by atoms with van der Waals surface area (Å²) < 4.78 is 65.6. The van der Waals surface area contributed by atoms with Gasteiger partial charge < -0.3 is 5.32 Å². The SMILES string of the molecule is O=C(NCC1CC1)c1ccnc(C2=CCN(S(=O)(=O)c3cccc(C(F)(F)F)c3)CC2)n1. The Morgan fingerprint density at radius 1 is 1.22 bits per heavy atom. The van der Waals surface area contributed by atoms with Gasteiger partial charge in [0, 0.05) is 25.8 Å². The Labute approximate surface area is 183 Å². The van der Waals surface area contributed by atoms with E-state index in [1.54, 1.807) is 6.08 Å². The van der Waals surface area contributed by atoms with Gasteiger partial charge in [0.05, 0.1) is 10.5 Å². The highest BCUT2D eigenvalue weighted by molar-refractivity contribution is 7.89. The molecule has 1 aliphatic heterocycles. The van der Waals surface area contributed by atoms with Gasteiger partial charge in [0.2, 0.25) is 10.0 Å². The standard InChI is InChI=1S/C21H21F3N4O3S/c22-21(23,24)16-2-1-3-17(12-16)32(30,31)28-10-7-15(8-11-28)19-25-9-6-18(27-19)20(29)26-13-14-4-5-14/h1-3,6-7,9,12,14H,4-5,8,10-11,13H2,(H,26,29). The van der Waals surface area contributed by atoms with Crippen LogP contribution in [0.1, 0.15) is 41.1 Å². The lowest BCUT2D eigenvalue weighted by atomic mass is 10.1. The summed E-state index contributed by atoms with van der Waals surface area (Å²) in [5.41, 5.74) is -0.107. The van der Waals surface area contributed by atoms with Crippen molar-refractivity contribution >= 4 is 21.5 Å². The Hall–Kier alpha value is -2.79. The Morgan fingerprint density at radius 2 is 2.00 bits per heavy atom. The Morgan fingerprint density at radius 3 is 2.66 bits per heavy atom. The van der Waals surface area contributed by atoms with Crippen LogP contribution in [0.15, 0.2) is 47.5 Å². The normalized spacial score (nSPS) is 17.7. The average molecular weight is 466 g/mol. The van der Waals surface area contributed by atoms with E-state index in [1.807, 2.05) is 0 Å². The van der Waals surface area contributed by atoms with Crippen LogP contribution in [0.25, 0.3) is 5.57 Å². The largest absolute Gasteiger partial charge is 0.416 e. The molecule has 0 radical (unpaired) electrons. The molecule has 1 aliphatic carbocycles. The maximum atomic E-state index is 13.0. The maximum Gasteiger partial charge on any atom is 0.416 e. The molecule has 4 rings (SSSR count). The number of sulfonamides is 1. The first-order valence-electron chi connectivity index (χ1n) is 10.1. The summed E-state index contributed by atoms with van der Waals surface area (Å²) in [6.07, 6.45) is 0.959. The van der Waals surface area contributed by atoms with E-state index in [1.165, 1.54) is 12.3 Å². The van der Waals surface area contributed by atoms with E-state index in [9.17, 15) is 26.4 Å². The Bertz CT molecular complexity index is 1160. The predicted octanol–water partition coefficient (Wildman–Crippen LogP) is 3.11. The lowest BCUT2D eigenvalue weighted by molar-refractivity contribution is -0.137. The molecule has 170 valence electrons. The summed E-state index contributed by atoms with van der Waals surface area (Å²) >= 11 is 0. The molecule has 0 atom stereocenters. The van der Waals surface area contributed by atoms with Crippen LogP contribution in [0.2, 0.25) is 0 Å². The molecule has 1 aromatic carbocycles. The number of hydrogen-bond donors (Lipinski definition) is 1. The monoisotopic (exact) mass is 466 g/mol. The molecule has 11 heteroatoms. The van der Waals surface area contributed by atoms with Crippen LogP contribution in [0.4, 0.5) is 13.2 Å². The molecule has 2 heterocycles. The molecule has 7 nitrogen and oxygen atoms in total. The minimum absolute atomic E-state index is 0.0324. The summed E-state index contributed by atoms with van der Waals surface area (Å²) in [6, 6.07) is 5.21. The van der Waals surface area contributed by atoms with Gasteiger partial charge in [0.1, 0.15) is 5.69 Å². The number of carbonyl (C=O) groups excluding carboxylic acids is 1. The first-order valence-corrected chi connectivity index (χ1v) is 11.6. The molecule has 0 saturated heterocycles. The quantitative estimate of drug-likeness (QED) is 0.706. The van der Waals surface area contributed by atoms with Crippen molar-refractivity contribution in [3.8, 4) is 0 Å². The Kier molecular flexibility index (Phi) is 6.04. The second kappa shape index (κ2) is 8.62. The molecule has 0 spiro atoms. The number of carbonyl (C=O) groups is 1. The number of nitrogens with one attached hydrogen (secondary N) is 1. The van der Waals surface area contributed by atoms with Crippen molar-refractivity contribution in [3.05, 3.63) is 59.7 Å². The molecule has 2 aliphatic rings. The third kappa shape index (κ3) is 4.99. The van der Waals surface area contributed by atoms with Gasteiger partial charge in [-0.25, -0.2) is 18.4 Å². The van der Waals surface area contributed by atoms with Crippen LogP contribution >= 0.6 is 0 Å². The van der Waals surface area contributed by atoms with Gasteiger partial charge in [-0.3, -0.25) is 4.79 Å². The van der Waals surface area contributed by atoms with E-state index < -0.39 is 26.7 Å². The smallest absolute Gasteiger partial charge is 0.350 e. The fraction of sp³-hybridized carbons (Fsp3) is 0.381. The van der Waals surface area contributed by atoms with Crippen molar-refractivity contribution < 1.29 is 26.4 Å². The number of alkyl halides is 3. The molecule has 1 fully saturated rings. The van der Waals surface area contributed by atoms with E-state index in [2.05, 4.69) is 15.3 Å². The van der Waals surface area contributed by atoms with E-state index >= 15 is 0 Å². The van der Waals surface area contributed by atoms with Gasteiger partial charge in [-0.15, -0.1) is 0 Å². The van der Waals surface area contributed by atoms with Crippen molar-refractivity contribution in [1.29, 1.82) is 0 Å². The van der Waals surface area contributed by atoms with E-state index in [-0.39, 0.29) is 31.1 Å². The molecular weight excluding hydrogens is 445 g/mol. The van der Waals surface area contributed by atoms with Gasteiger partial charge in [-0.05, 0) is 55.0 Å². The van der Waals surface area contributed by atoms with Gasteiger partial charge in [-0.2, -0.15) is 17.5 Å². The van der Waals surface area contributed by atoms with Crippen molar-refractivity contribution in [1.82, 2.24) is 19.6 Å². The number of amides is 1. The molecule has 1 aromatic heterocycles. The van der Waals surface area contributed by atoms with Crippen LogP contribution < -0.4 is 5.32 Å². The highest BCUT2D eigenvalue weighted by Crippen LogP contribution is 2.32. The van der Waals surface area contributed by atoms with Crippen molar-refractivity contribution in [2.45, 2.75) is 30.3 Å². The summed E-state index contributed by atoms with van der Waals surface area (Å²) in [5, 5.41) is 2.83. The summed E-state index contributed by atoms with van der Waals surface area (Å²) in [7, 11) is -4.10. The van der Waals surface area contributed by atoms with Gasteiger partial charge in [0.15, 0.2) is 5.82 Å². The van der Waals surface area contributed by atoms with Crippen LogP contribution in [0.3, 0.4) is 0 Å². The summed E-state index contributed by atoms with van der Waals surface area (Å²) in [4.78, 5) is 20.3. The lowest BCUT2D eigenvalue weighted by Gasteiger charge is -2.25. The fourth-order valence-electron chi connectivity index (χ4n) is 3.34. The summed E-state index contributed by atoms with van der Waals surface area (Å²) in [6.45, 7) is 0.643. The molecule has 2 aromatic rings. The van der Waals surface area contributed by atoms with Gasteiger partial charge in [0.25, 0.3) is 5.91 Å². The first-order chi connectivity index (χ1) is 15.1. The minimum Gasteiger partial charge on any atom is -0.350 e. The lowest BCUT2D eigenvalue weighted by Crippen LogP contribution is -2.35. The van der Waals surface area contributed by atoms with Crippen LogP contribution in [-0.2, 0) is 16.2 Å². The predicted molar refractivity (Wildman–Crippen MR) is 110 cm³/mol. The highest BCUT2D eigenvalue weighted by atomic mass is 32.2. The third-order valence-corrected chi connectivity index (χ3v) is 7.26. The van der Waals surface area contributed by atoms with Crippen molar-refractivity contribution in [2.24, 2.45) is 5.92 Å². The zero-order valence-corrected chi connectivity index (χ0v) is 17.8. The van der Waals surface area contributed by atoms with E-state index in [0.717, 1.165) is 35.3 Å². The number of rotatable bonds is 6. The second-order valence-corrected chi connectivity index (χ2v) is 9.72. The number of hydrogen-bond acceptors (Lipinski definition) is 5. The summed E-state index contributed by atoms with van der Waals surface area (Å²) in [5.74, 6) is 0.581. The van der Waals surface area contributed by atoms with Gasteiger partial charge in [-0.1, -0.05) is 12.1 Å². The van der Waals surface area contributed by atoms with Crippen LogP contribution in [0.5, 0.6) is 0 Å². The average Bonchev–Trinajstić information content (AvgIpc) is 3.62. The van der Waals surface area contributed by atoms with E-state index in [4.69, 9.17) is 0 Å². The molecular formula is C21H21F3N4O3S. The zero-order chi connectivity index (χ0) is 22.9. The Balaban J connectivity index is 1.48. The number of aromatic nitrogens is 2. The molecule has 1 saturated carbocycles. The topological polar surface area (TPSA) is 92.3 Å². The molecule has 1 N–H and O–H groups in total. The van der Waals surface area contributed by atoms with Crippen LogP contribution in [-0.4, -0.2) is 48.2 Å². The first kappa shape index (κ1) is 22.4. The third-order valence-electron chi connectivity index (χ3n) is 5.39.